The van der Waals surface area contributed by atoms with E-state index in [9.17, 15) is 0 Å². The van der Waals surface area contributed by atoms with Crippen LogP contribution >= 0.6 is 0 Å². The molecular formula is C16H23N3. The van der Waals surface area contributed by atoms with Crippen LogP contribution in [0.25, 0.3) is 5.69 Å². The van der Waals surface area contributed by atoms with Gasteiger partial charge in [-0.05, 0) is 45.4 Å². The number of rotatable bonds is 4. The molecular weight excluding hydrogens is 234 g/mol. The molecule has 0 fully saturated rings. The lowest BCUT2D eigenvalue weighted by Crippen LogP contribution is -2.08. The van der Waals surface area contributed by atoms with Crippen molar-refractivity contribution in [2.45, 2.75) is 40.7 Å². The number of hydrogen-bond acceptors (Lipinski definition) is 2. The average Bonchev–Trinajstić information content (AvgIpc) is 2.66. The monoisotopic (exact) mass is 257 g/mol. The van der Waals surface area contributed by atoms with Gasteiger partial charge in [0, 0.05) is 17.8 Å². The minimum Gasteiger partial charge on any atom is -0.316 e. The largest absolute Gasteiger partial charge is 0.316 e. The SMILES string of the molecule is CCc1cccc(C)c1-n1nc(C)c(CNC)c1C. The first-order valence-electron chi connectivity index (χ1n) is 6.88. The normalized spacial score (nSPS) is 11.0. The van der Waals surface area contributed by atoms with Crippen molar-refractivity contribution in [3.8, 4) is 5.69 Å². The highest BCUT2D eigenvalue weighted by Gasteiger charge is 2.15. The fraction of sp³-hybridized carbons (Fsp3) is 0.438. The number of nitrogens with zero attached hydrogens (tertiary/aromatic N) is 2. The fourth-order valence-electron chi connectivity index (χ4n) is 2.63. The minimum absolute atomic E-state index is 0.866. The molecule has 1 heterocycles. The highest BCUT2D eigenvalue weighted by atomic mass is 15.3. The number of aryl methyl sites for hydroxylation is 3. The fourth-order valence-corrected chi connectivity index (χ4v) is 2.63. The van der Waals surface area contributed by atoms with Crippen LogP contribution in [0.1, 0.15) is 35.0 Å². The van der Waals surface area contributed by atoms with Gasteiger partial charge in [0.1, 0.15) is 0 Å². The molecule has 0 radical (unpaired) electrons. The van der Waals surface area contributed by atoms with E-state index in [0.29, 0.717) is 0 Å². The van der Waals surface area contributed by atoms with E-state index >= 15 is 0 Å². The van der Waals surface area contributed by atoms with Crippen molar-refractivity contribution < 1.29 is 0 Å². The zero-order valence-corrected chi connectivity index (χ0v) is 12.5. The summed E-state index contributed by atoms with van der Waals surface area (Å²) in [7, 11) is 1.97. The summed E-state index contributed by atoms with van der Waals surface area (Å²) in [5.41, 5.74) is 7.51. The summed E-state index contributed by atoms with van der Waals surface area (Å²) >= 11 is 0. The topological polar surface area (TPSA) is 29.9 Å². The lowest BCUT2D eigenvalue weighted by atomic mass is 10.1. The predicted octanol–water partition coefficient (Wildman–Crippen LogP) is 3.08. The molecule has 0 unspecified atom stereocenters. The molecule has 0 aliphatic carbocycles. The van der Waals surface area contributed by atoms with Crippen LogP contribution < -0.4 is 5.32 Å². The van der Waals surface area contributed by atoms with Gasteiger partial charge in [-0.3, -0.25) is 0 Å². The first kappa shape index (κ1) is 13.8. The van der Waals surface area contributed by atoms with Gasteiger partial charge in [-0.1, -0.05) is 25.1 Å². The van der Waals surface area contributed by atoms with E-state index < -0.39 is 0 Å². The van der Waals surface area contributed by atoms with Gasteiger partial charge >= 0.3 is 0 Å². The number of benzene rings is 1. The Labute approximate surface area is 115 Å². The van der Waals surface area contributed by atoms with Crippen molar-refractivity contribution in [3.63, 3.8) is 0 Å². The molecule has 0 amide bonds. The molecule has 0 saturated heterocycles. The van der Waals surface area contributed by atoms with Crippen molar-refractivity contribution in [3.05, 3.63) is 46.3 Å². The number of nitrogens with one attached hydrogen (secondary N) is 1. The third-order valence-electron chi connectivity index (χ3n) is 3.71. The molecule has 2 rings (SSSR count). The molecule has 0 aliphatic heterocycles. The molecule has 102 valence electrons. The lowest BCUT2D eigenvalue weighted by molar-refractivity contribution is 0.796. The second kappa shape index (κ2) is 5.57. The van der Waals surface area contributed by atoms with Crippen LogP contribution in [0.4, 0.5) is 0 Å². The van der Waals surface area contributed by atoms with Gasteiger partial charge in [0.05, 0.1) is 11.4 Å². The number of hydrogen-bond donors (Lipinski definition) is 1. The molecule has 3 nitrogen and oxygen atoms in total. The van der Waals surface area contributed by atoms with Crippen LogP contribution in [-0.2, 0) is 13.0 Å². The standard InChI is InChI=1S/C16H23N3/c1-6-14-9-7-8-11(2)16(14)19-13(4)15(10-17-5)12(3)18-19/h7-9,17H,6,10H2,1-5H3. The predicted molar refractivity (Wildman–Crippen MR) is 79.9 cm³/mol. The second-order valence-corrected chi connectivity index (χ2v) is 5.03. The molecule has 0 atom stereocenters. The van der Waals surface area contributed by atoms with Crippen molar-refractivity contribution in [1.82, 2.24) is 15.1 Å². The van der Waals surface area contributed by atoms with Crippen molar-refractivity contribution in [2.24, 2.45) is 0 Å². The minimum atomic E-state index is 0.866. The van der Waals surface area contributed by atoms with Crippen molar-refractivity contribution in [2.75, 3.05) is 7.05 Å². The van der Waals surface area contributed by atoms with Crippen molar-refractivity contribution in [1.29, 1.82) is 0 Å². The first-order valence-corrected chi connectivity index (χ1v) is 6.88. The van der Waals surface area contributed by atoms with Gasteiger partial charge in [-0.2, -0.15) is 5.10 Å². The number of aromatic nitrogens is 2. The maximum absolute atomic E-state index is 4.75. The molecule has 0 spiro atoms. The third-order valence-corrected chi connectivity index (χ3v) is 3.71. The van der Waals surface area contributed by atoms with Crippen LogP contribution in [-0.4, -0.2) is 16.8 Å². The van der Waals surface area contributed by atoms with Crippen LogP contribution in [0.15, 0.2) is 18.2 Å². The molecule has 3 heteroatoms. The average molecular weight is 257 g/mol. The van der Waals surface area contributed by atoms with Crippen LogP contribution in [0.2, 0.25) is 0 Å². The summed E-state index contributed by atoms with van der Waals surface area (Å²) in [6.07, 6.45) is 1.02. The van der Waals surface area contributed by atoms with Crippen LogP contribution in [0, 0.1) is 20.8 Å². The Bertz CT molecular complexity index is 582. The van der Waals surface area contributed by atoms with Gasteiger partial charge < -0.3 is 5.32 Å². The van der Waals surface area contributed by atoms with E-state index in [2.05, 4.69) is 55.9 Å². The Morgan fingerprint density at radius 1 is 1.21 bits per heavy atom. The lowest BCUT2D eigenvalue weighted by Gasteiger charge is -2.13. The van der Waals surface area contributed by atoms with Gasteiger partial charge in [-0.15, -0.1) is 0 Å². The molecule has 1 N–H and O–H groups in total. The van der Waals surface area contributed by atoms with E-state index in [-0.39, 0.29) is 0 Å². The maximum atomic E-state index is 4.75. The quantitative estimate of drug-likeness (QED) is 0.912. The first-order chi connectivity index (χ1) is 9.10. The van der Waals surface area contributed by atoms with Crippen molar-refractivity contribution >= 4 is 0 Å². The van der Waals surface area contributed by atoms with Gasteiger partial charge in [-0.25, -0.2) is 4.68 Å². The summed E-state index contributed by atoms with van der Waals surface area (Å²) < 4.78 is 2.11. The highest BCUT2D eigenvalue weighted by molar-refractivity contribution is 5.49. The van der Waals surface area contributed by atoms with Crippen LogP contribution in [0.3, 0.4) is 0 Å². The smallest absolute Gasteiger partial charge is 0.0709 e. The summed E-state index contributed by atoms with van der Waals surface area (Å²) in [5, 5.41) is 7.97. The Hall–Kier alpha value is -1.61. The molecule has 0 saturated carbocycles. The zero-order chi connectivity index (χ0) is 14.0. The summed E-state index contributed by atoms with van der Waals surface area (Å²) in [5.74, 6) is 0. The Balaban J connectivity index is 2.63. The molecule has 0 bridgehead atoms. The Kier molecular flexibility index (Phi) is 4.05. The molecule has 1 aromatic carbocycles. The summed E-state index contributed by atoms with van der Waals surface area (Å²) in [6.45, 7) is 9.45. The Morgan fingerprint density at radius 3 is 2.58 bits per heavy atom. The Morgan fingerprint density at radius 2 is 1.95 bits per heavy atom. The van der Waals surface area contributed by atoms with E-state index in [1.54, 1.807) is 0 Å². The molecule has 0 aliphatic rings. The second-order valence-electron chi connectivity index (χ2n) is 5.03. The number of para-hydroxylation sites is 1. The zero-order valence-electron chi connectivity index (χ0n) is 12.5. The van der Waals surface area contributed by atoms with E-state index in [4.69, 9.17) is 5.10 Å². The summed E-state index contributed by atoms with van der Waals surface area (Å²) in [4.78, 5) is 0. The molecule has 1 aromatic heterocycles. The molecule has 19 heavy (non-hydrogen) atoms. The van der Waals surface area contributed by atoms with Gasteiger partial charge in [0.15, 0.2) is 0 Å². The van der Waals surface area contributed by atoms with Gasteiger partial charge in [0.25, 0.3) is 0 Å². The van der Waals surface area contributed by atoms with E-state index in [1.807, 2.05) is 7.05 Å². The molecule has 2 aromatic rings. The van der Waals surface area contributed by atoms with Crippen LogP contribution in [0.5, 0.6) is 0 Å². The van der Waals surface area contributed by atoms with E-state index in [0.717, 1.165) is 18.7 Å². The van der Waals surface area contributed by atoms with E-state index in [1.165, 1.54) is 28.1 Å². The highest BCUT2D eigenvalue weighted by Crippen LogP contribution is 2.24. The maximum Gasteiger partial charge on any atom is 0.0709 e. The van der Waals surface area contributed by atoms with Gasteiger partial charge in [0.2, 0.25) is 0 Å². The third kappa shape index (κ3) is 2.43. The summed E-state index contributed by atoms with van der Waals surface area (Å²) in [6, 6.07) is 6.47.